The third-order valence-corrected chi connectivity index (χ3v) is 4.06. The minimum atomic E-state index is -0.535. The molecule has 9 heteroatoms. The van der Waals surface area contributed by atoms with Gasteiger partial charge in [-0.25, -0.2) is 22.8 Å². The van der Waals surface area contributed by atoms with Crippen LogP contribution in [0.1, 0.15) is 24.2 Å². The molecule has 0 saturated heterocycles. The summed E-state index contributed by atoms with van der Waals surface area (Å²) in [5.74, 6) is -1.34. The minimum Gasteiger partial charge on any atom is -0.348 e. The van der Waals surface area contributed by atoms with Crippen molar-refractivity contribution in [3.63, 3.8) is 0 Å². The first-order chi connectivity index (χ1) is 12.8. The molecule has 0 aliphatic heterocycles. The van der Waals surface area contributed by atoms with Gasteiger partial charge in [-0.2, -0.15) is 5.10 Å². The third-order valence-electron chi connectivity index (χ3n) is 4.06. The van der Waals surface area contributed by atoms with Crippen LogP contribution in [0.2, 0.25) is 0 Å². The lowest BCUT2D eigenvalue weighted by molar-refractivity contribution is -0.122. The van der Waals surface area contributed by atoms with Gasteiger partial charge in [-0.1, -0.05) is 0 Å². The van der Waals surface area contributed by atoms with Gasteiger partial charge in [0.25, 0.3) is 0 Å². The number of halogens is 2. The van der Waals surface area contributed by atoms with Crippen molar-refractivity contribution in [1.29, 1.82) is 0 Å². The molecule has 1 amide bonds. The zero-order chi connectivity index (χ0) is 19.6. The van der Waals surface area contributed by atoms with Gasteiger partial charge < -0.3 is 5.32 Å². The van der Waals surface area contributed by atoms with Crippen LogP contribution in [-0.4, -0.2) is 25.2 Å². The highest BCUT2D eigenvalue weighted by molar-refractivity contribution is 5.76. The Balaban J connectivity index is 1.70. The van der Waals surface area contributed by atoms with E-state index >= 15 is 0 Å². The number of pyridine rings is 1. The first-order valence-electron chi connectivity index (χ1n) is 8.17. The summed E-state index contributed by atoms with van der Waals surface area (Å²) in [4.78, 5) is 28.5. The lowest BCUT2D eigenvalue weighted by Gasteiger charge is -2.14. The fraction of sp³-hybridized carbons (Fsp3) is 0.222. The van der Waals surface area contributed by atoms with E-state index in [9.17, 15) is 18.4 Å². The molecule has 0 aliphatic carbocycles. The largest absolute Gasteiger partial charge is 0.350 e. The van der Waals surface area contributed by atoms with Crippen LogP contribution in [0.4, 0.5) is 8.78 Å². The first-order valence-corrected chi connectivity index (χ1v) is 8.17. The molecular formula is C18H17F2N5O2. The zero-order valence-electron chi connectivity index (χ0n) is 14.7. The highest BCUT2D eigenvalue weighted by Crippen LogP contribution is 2.14. The van der Waals surface area contributed by atoms with Gasteiger partial charge in [0.2, 0.25) is 5.91 Å². The third kappa shape index (κ3) is 4.08. The first kappa shape index (κ1) is 18.4. The van der Waals surface area contributed by atoms with Gasteiger partial charge in [0.15, 0.2) is 0 Å². The highest BCUT2D eigenvalue weighted by Gasteiger charge is 2.15. The van der Waals surface area contributed by atoms with E-state index in [0.29, 0.717) is 11.3 Å². The van der Waals surface area contributed by atoms with Crippen molar-refractivity contribution < 1.29 is 13.6 Å². The Kier molecular flexibility index (Phi) is 5.11. The second kappa shape index (κ2) is 7.48. The molecule has 1 N–H and O–H groups in total. The van der Waals surface area contributed by atoms with E-state index in [4.69, 9.17) is 0 Å². The molecule has 2 heterocycles. The van der Waals surface area contributed by atoms with Crippen molar-refractivity contribution in [2.75, 3.05) is 0 Å². The van der Waals surface area contributed by atoms with Crippen LogP contribution in [0.5, 0.6) is 0 Å². The summed E-state index contributed by atoms with van der Waals surface area (Å²) in [7, 11) is 0. The smallest absolute Gasteiger partial charge is 0.348 e. The van der Waals surface area contributed by atoms with E-state index in [0.717, 1.165) is 4.68 Å². The number of carbonyl (C=O) groups excluding carboxylic acids is 1. The van der Waals surface area contributed by atoms with Crippen LogP contribution in [0.3, 0.4) is 0 Å². The summed E-state index contributed by atoms with van der Waals surface area (Å²) in [6, 6.07) is 6.14. The van der Waals surface area contributed by atoms with Crippen molar-refractivity contribution >= 4 is 5.91 Å². The van der Waals surface area contributed by atoms with Crippen LogP contribution in [-0.2, 0) is 11.3 Å². The van der Waals surface area contributed by atoms with Crippen molar-refractivity contribution in [3.05, 3.63) is 76.2 Å². The number of amides is 1. The van der Waals surface area contributed by atoms with Gasteiger partial charge in [-0.15, -0.1) is 0 Å². The average Bonchev–Trinajstić information content (AvgIpc) is 2.98. The predicted molar refractivity (Wildman–Crippen MR) is 93.3 cm³/mol. The van der Waals surface area contributed by atoms with E-state index in [1.54, 1.807) is 13.8 Å². The number of nitrogens with zero attached hydrogens (tertiary/aromatic N) is 4. The normalized spacial score (nSPS) is 12.0. The van der Waals surface area contributed by atoms with Gasteiger partial charge >= 0.3 is 5.69 Å². The van der Waals surface area contributed by atoms with Gasteiger partial charge in [0.1, 0.15) is 24.5 Å². The summed E-state index contributed by atoms with van der Waals surface area (Å²) in [5, 5.41) is 6.57. The van der Waals surface area contributed by atoms with Crippen LogP contribution < -0.4 is 11.0 Å². The van der Waals surface area contributed by atoms with Crippen molar-refractivity contribution in [1.82, 2.24) is 24.6 Å². The zero-order valence-corrected chi connectivity index (χ0v) is 14.7. The minimum absolute atomic E-state index is 0.273. The Morgan fingerprint density at radius 1 is 1.26 bits per heavy atom. The van der Waals surface area contributed by atoms with Crippen LogP contribution in [0.25, 0.3) is 5.69 Å². The van der Waals surface area contributed by atoms with E-state index in [-0.39, 0.29) is 12.2 Å². The van der Waals surface area contributed by atoms with E-state index in [2.05, 4.69) is 15.4 Å². The molecule has 7 nitrogen and oxygen atoms in total. The Morgan fingerprint density at radius 3 is 2.63 bits per heavy atom. The second-order valence-corrected chi connectivity index (χ2v) is 6.04. The molecule has 0 bridgehead atoms. The summed E-state index contributed by atoms with van der Waals surface area (Å²) < 4.78 is 28.8. The maximum Gasteiger partial charge on any atom is 0.350 e. The lowest BCUT2D eigenvalue weighted by Crippen LogP contribution is -2.34. The molecule has 0 spiro atoms. The Bertz CT molecular complexity index is 1030. The van der Waals surface area contributed by atoms with Gasteiger partial charge in [-0.05, 0) is 49.7 Å². The molecule has 0 radical (unpaired) electrons. The summed E-state index contributed by atoms with van der Waals surface area (Å²) in [6.07, 6.45) is 2.74. The fourth-order valence-electron chi connectivity index (χ4n) is 2.49. The summed E-state index contributed by atoms with van der Waals surface area (Å²) >= 11 is 0. The lowest BCUT2D eigenvalue weighted by atomic mass is 10.1. The Labute approximate surface area is 153 Å². The molecule has 0 unspecified atom stereocenters. The molecular weight excluding hydrogens is 356 g/mol. The number of hydrogen-bond acceptors (Lipinski definition) is 4. The van der Waals surface area contributed by atoms with E-state index in [1.165, 1.54) is 47.4 Å². The standard InChI is InChI=1S/C18H17F2N5O2/c1-11(13-7-16(20)12(2)21-8-13)23-17(26)9-25-18(27)24(10-22-25)15-5-3-14(19)4-6-15/h3-8,10-11H,9H2,1-2H3,(H,23,26)/t11-/m0/s1. The van der Waals surface area contributed by atoms with Gasteiger partial charge in [-0.3, -0.25) is 9.78 Å². The molecule has 1 aromatic carbocycles. The molecule has 0 aliphatic rings. The molecule has 2 aromatic heterocycles. The topological polar surface area (TPSA) is 81.8 Å². The number of benzene rings is 1. The molecule has 140 valence electrons. The molecule has 27 heavy (non-hydrogen) atoms. The number of rotatable bonds is 5. The molecule has 0 saturated carbocycles. The van der Waals surface area contributed by atoms with Crippen LogP contribution in [0, 0.1) is 18.6 Å². The van der Waals surface area contributed by atoms with E-state index < -0.39 is 29.3 Å². The molecule has 3 rings (SSSR count). The number of carbonyl (C=O) groups is 1. The van der Waals surface area contributed by atoms with E-state index in [1.807, 2.05) is 0 Å². The van der Waals surface area contributed by atoms with Crippen LogP contribution in [0.15, 0.2) is 47.7 Å². The van der Waals surface area contributed by atoms with Gasteiger partial charge in [0.05, 0.1) is 17.4 Å². The van der Waals surface area contributed by atoms with Crippen LogP contribution >= 0.6 is 0 Å². The number of hydrogen-bond donors (Lipinski definition) is 1. The molecule has 1 atom stereocenters. The molecule has 0 fully saturated rings. The van der Waals surface area contributed by atoms with Gasteiger partial charge in [0, 0.05) is 6.20 Å². The van der Waals surface area contributed by atoms with Crippen molar-refractivity contribution in [2.24, 2.45) is 0 Å². The maximum atomic E-state index is 13.6. The number of aromatic nitrogens is 4. The Hall–Kier alpha value is -3.36. The average molecular weight is 373 g/mol. The summed E-state index contributed by atoms with van der Waals surface area (Å²) in [6.45, 7) is 2.93. The monoisotopic (exact) mass is 373 g/mol. The Morgan fingerprint density at radius 2 is 1.96 bits per heavy atom. The second-order valence-electron chi connectivity index (χ2n) is 6.04. The maximum absolute atomic E-state index is 13.6. The highest BCUT2D eigenvalue weighted by atomic mass is 19.1. The quantitative estimate of drug-likeness (QED) is 0.741. The summed E-state index contributed by atoms with van der Waals surface area (Å²) in [5.41, 5.74) is 0.681. The molecule has 3 aromatic rings. The predicted octanol–water partition coefficient (Wildman–Crippen LogP) is 1.89. The van der Waals surface area contributed by atoms with Crippen molar-refractivity contribution in [3.8, 4) is 5.69 Å². The fourth-order valence-corrected chi connectivity index (χ4v) is 2.49. The SMILES string of the molecule is Cc1ncc([C@H](C)NC(=O)Cn2ncn(-c3ccc(F)cc3)c2=O)cc1F. The number of aryl methyl sites for hydroxylation is 1. The van der Waals surface area contributed by atoms with Crippen molar-refractivity contribution in [2.45, 2.75) is 26.4 Å². The number of nitrogens with one attached hydrogen (secondary N) is 1.